The summed E-state index contributed by atoms with van der Waals surface area (Å²) in [6.07, 6.45) is 0.935. The number of methoxy groups -OCH3 is 1. The molecular formula is C22H29FN2O5SSi. The van der Waals surface area contributed by atoms with Crippen molar-refractivity contribution in [1.82, 2.24) is 5.32 Å². The van der Waals surface area contributed by atoms with Crippen molar-refractivity contribution in [3.8, 4) is 0 Å². The first-order valence-corrected chi connectivity index (χ1v) is 15.5. The van der Waals surface area contributed by atoms with E-state index in [4.69, 9.17) is 4.74 Å². The number of carbonyl (C=O) groups excluding carboxylic acids is 2. The van der Waals surface area contributed by atoms with E-state index in [9.17, 15) is 22.4 Å². The van der Waals surface area contributed by atoms with Crippen molar-refractivity contribution in [2.24, 2.45) is 0 Å². The second kappa shape index (κ2) is 10.4. The molecule has 2 aromatic carbocycles. The minimum Gasteiger partial charge on any atom is -0.380 e. The van der Waals surface area contributed by atoms with Crippen molar-refractivity contribution in [2.45, 2.75) is 32.3 Å². The van der Waals surface area contributed by atoms with Gasteiger partial charge < -0.3 is 15.4 Å². The number of hydrogen-bond donors (Lipinski definition) is 2. The average Bonchev–Trinajstić information content (AvgIpc) is 2.64. The largest absolute Gasteiger partial charge is 0.380 e. The topological polar surface area (TPSA) is 102 Å². The molecule has 1 atom stereocenters. The smallest absolute Gasteiger partial charge is 0.251 e. The van der Waals surface area contributed by atoms with E-state index in [1.165, 1.54) is 6.07 Å². The predicted octanol–water partition coefficient (Wildman–Crippen LogP) is 2.36. The van der Waals surface area contributed by atoms with Gasteiger partial charge in [0.15, 0.2) is 9.84 Å². The Morgan fingerprint density at radius 1 is 1.09 bits per heavy atom. The van der Waals surface area contributed by atoms with Crippen LogP contribution in [0.1, 0.15) is 17.2 Å². The highest BCUT2D eigenvalue weighted by Gasteiger charge is 2.26. The zero-order valence-corrected chi connectivity index (χ0v) is 20.7. The number of amides is 2. The highest BCUT2D eigenvalue weighted by atomic mass is 32.2. The van der Waals surface area contributed by atoms with Gasteiger partial charge in [0.05, 0.1) is 14.7 Å². The molecule has 0 saturated carbocycles. The van der Waals surface area contributed by atoms with Crippen LogP contribution in [0.5, 0.6) is 0 Å². The van der Waals surface area contributed by atoms with Gasteiger partial charge in [-0.1, -0.05) is 50.0 Å². The maximum Gasteiger partial charge on any atom is 0.251 e. The molecule has 1 unspecified atom stereocenters. The third kappa shape index (κ3) is 7.54. The van der Waals surface area contributed by atoms with E-state index in [1.807, 2.05) is 19.6 Å². The molecule has 0 heterocycles. The highest BCUT2D eigenvalue weighted by molar-refractivity contribution is 7.91. The minimum atomic E-state index is -3.58. The van der Waals surface area contributed by atoms with Crippen molar-refractivity contribution in [3.63, 3.8) is 0 Å². The van der Waals surface area contributed by atoms with Crippen molar-refractivity contribution in [3.05, 3.63) is 59.4 Å². The Hall–Kier alpha value is -2.56. The summed E-state index contributed by atoms with van der Waals surface area (Å²) >= 11 is 0. The third-order valence-corrected chi connectivity index (χ3v) is 7.44. The number of anilines is 1. The Balaban J connectivity index is 2.30. The van der Waals surface area contributed by atoms with Crippen LogP contribution in [0.4, 0.5) is 10.1 Å². The molecule has 0 radical (unpaired) electrons. The van der Waals surface area contributed by atoms with E-state index in [2.05, 4.69) is 10.6 Å². The third-order valence-electron chi connectivity index (χ3n) is 4.63. The summed E-state index contributed by atoms with van der Waals surface area (Å²) < 4.78 is 42.6. The normalized spacial score (nSPS) is 12.8. The molecule has 0 aromatic heterocycles. The lowest BCUT2D eigenvalue weighted by molar-refractivity contribution is -0.125. The summed E-state index contributed by atoms with van der Waals surface area (Å²) in [5.74, 6) is -2.58. The van der Waals surface area contributed by atoms with E-state index in [-0.39, 0.29) is 5.69 Å². The molecule has 0 bridgehead atoms. The number of rotatable bonds is 9. The summed E-state index contributed by atoms with van der Waals surface area (Å²) in [4.78, 5) is 25.2. The van der Waals surface area contributed by atoms with Crippen molar-refractivity contribution in [2.75, 3.05) is 24.4 Å². The molecule has 10 heteroatoms. The van der Waals surface area contributed by atoms with Crippen LogP contribution in [-0.4, -0.2) is 47.4 Å². The standard InChI is InChI=1S/C22H29FN2O5SSi/c1-30-13-15-6-8-16(9-7-15)21(25-20(26)14-31(2,28)29)22(27)24-17-10-11-19(18(23)12-17)32(3,4)5/h6-12,21H,13-14H2,1-5H3,(H,24,27)(H,25,26). The molecule has 2 N–H and O–H groups in total. The number of nitrogens with one attached hydrogen (secondary N) is 2. The fraction of sp³-hybridized carbons (Fsp3) is 0.364. The predicted molar refractivity (Wildman–Crippen MR) is 126 cm³/mol. The molecular weight excluding hydrogens is 451 g/mol. The number of carbonyl (C=O) groups is 2. The Kier molecular flexibility index (Phi) is 8.33. The number of sulfone groups is 1. The first-order valence-electron chi connectivity index (χ1n) is 9.96. The first kappa shape index (κ1) is 25.7. The Morgan fingerprint density at radius 2 is 1.72 bits per heavy atom. The minimum absolute atomic E-state index is 0.243. The molecule has 0 spiro atoms. The second-order valence-electron chi connectivity index (χ2n) is 8.68. The average molecular weight is 481 g/mol. The molecule has 0 saturated heterocycles. The van der Waals surface area contributed by atoms with Crippen molar-refractivity contribution in [1.29, 1.82) is 0 Å². The quantitative estimate of drug-likeness (QED) is 0.537. The number of hydrogen-bond acceptors (Lipinski definition) is 5. The maximum absolute atomic E-state index is 14.6. The summed E-state index contributed by atoms with van der Waals surface area (Å²) in [6, 6.07) is 10.1. The molecule has 0 aliphatic heterocycles. The zero-order chi connectivity index (χ0) is 24.1. The van der Waals surface area contributed by atoms with Crippen LogP contribution < -0.4 is 15.8 Å². The van der Waals surface area contributed by atoms with Crippen LogP contribution in [0.2, 0.25) is 19.6 Å². The highest BCUT2D eigenvalue weighted by Crippen LogP contribution is 2.19. The van der Waals surface area contributed by atoms with Gasteiger partial charge in [-0.15, -0.1) is 0 Å². The lowest BCUT2D eigenvalue weighted by Gasteiger charge is -2.21. The van der Waals surface area contributed by atoms with Crippen LogP contribution in [0, 0.1) is 5.82 Å². The van der Waals surface area contributed by atoms with Crippen LogP contribution in [0.25, 0.3) is 0 Å². The van der Waals surface area contributed by atoms with Crippen LogP contribution >= 0.6 is 0 Å². The Bertz CT molecular complexity index is 1080. The van der Waals surface area contributed by atoms with Gasteiger partial charge in [-0.05, 0) is 28.4 Å². The Morgan fingerprint density at radius 3 is 2.22 bits per heavy atom. The lowest BCUT2D eigenvalue weighted by Crippen LogP contribution is -2.41. The SMILES string of the molecule is COCc1ccc(C(NC(=O)CS(C)(=O)=O)C(=O)Nc2ccc([Si](C)(C)C)c(F)c2)cc1. The number of ether oxygens (including phenoxy) is 1. The van der Waals surface area contributed by atoms with E-state index in [1.54, 1.807) is 43.5 Å². The molecule has 2 amide bonds. The van der Waals surface area contributed by atoms with Gasteiger partial charge in [-0.25, -0.2) is 12.8 Å². The van der Waals surface area contributed by atoms with Crippen molar-refractivity contribution < 1.29 is 27.1 Å². The molecule has 2 aromatic rings. The van der Waals surface area contributed by atoms with Gasteiger partial charge in [-0.3, -0.25) is 9.59 Å². The van der Waals surface area contributed by atoms with Crippen LogP contribution in [-0.2, 0) is 30.8 Å². The zero-order valence-electron chi connectivity index (χ0n) is 18.9. The van der Waals surface area contributed by atoms with E-state index in [0.29, 0.717) is 17.4 Å². The fourth-order valence-corrected chi connectivity index (χ4v) is 5.06. The molecule has 7 nitrogen and oxygen atoms in total. The van der Waals surface area contributed by atoms with Crippen molar-refractivity contribution >= 4 is 40.6 Å². The number of benzene rings is 2. The van der Waals surface area contributed by atoms with Crippen LogP contribution in [0.15, 0.2) is 42.5 Å². The van der Waals surface area contributed by atoms with Crippen LogP contribution in [0.3, 0.4) is 0 Å². The first-order chi connectivity index (χ1) is 14.8. The lowest BCUT2D eigenvalue weighted by atomic mass is 10.0. The molecule has 0 aliphatic rings. The van der Waals surface area contributed by atoms with Gasteiger partial charge >= 0.3 is 0 Å². The van der Waals surface area contributed by atoms with Gasteiger partial charge in [0, 0.05) is 19.1 Å². The molecule has 174 valence electrons. The summed E-state index contributed by atoms with van der Waals surface area (Å²) in [6.45, 7) is 6.43. The van der Waals surface area contributed by atoms with Gasteiger partial charge in [-0.2, -0.15) is 0 Å². The second-order valence-corrected chi connectivity index (χ2v) is 15.9. The van der Waals surface area contributed by atoms with E-state index in [0.717, 1.165) is 11.8 Å². The fourth-order valence-electron chi connectivity index (χ4n) is 3.13. The Labute approximate surface area is 189 Å². The maximum atomic E-state index is 14.6. The van der Waals surface area contributed by atoms with Gasteiger partial charge in [0.25, 0.3) is 5.91 Å². The molecule has 0 fully saturated rings. The van der Waals surface area contributed by atoms with Gasteiger partial charge in [0.2, 0.25) is 5.91 Å². The summed E-state index contributed by atoms with van der Waals surface area (Å²) in [5, 5.41) is 5.72. The molecule has 0 aliphatic carbocycles. The summed E-state index contributed by atoms with van der Waals surface area (Å²) in [5.41, 5.74) is 1.55. The van der Waals surface area contributed by atoms with E-state index >= 15 is 0 Å². The molecule has 32 heavy (non-hydrogen) atoms. The summed E-state index contributed by atoms with van der Waals surface area (Å²) in [7, 11) is -3.91. The molecule has 2 rings (SSSR count). The van der Waals surface area contributed by atoms with Gasteiger partial charge in [0.1, 0.15) is 17.6 Å². The van der Waals surface area contributed by atoms with E-state index < -0.39 is 47.3 Å². The number of halogens is 1. The monoisotopic (exact) mass is 480 g/mol.